The lowest BCUT2D eigenvalue weighted by Crippen LogP contribution is -2.42. The SMILES string of the molecule is CCOC(CN(C(=O)Nc1ccc(Cl)cc1)c1cnn(C(C)C(O)(Cn2cncn2)c2ccc(F)cc2F)c1)OCC. The van der Waals surface area contributed by atoms with Gasteiger partial charge in [0.25, 0.3) is 0 Å². The Bertz CT molecular complexity index is 1450. The van der Waals surface area contributed by atoms with Crippen LogP contribution in [0, 0.1) is 11.6 Å². The molecule has 0 saturated carbocycles. The summed E-state index contributed by atoms with van der Waals surface area (Å²) in [6, 6.07) is 8.14. The number of ether oxygens (including phenoxy) is 2. The average molecular weight is 604 g/mol. The topological polar surface area (TPSA) is 120 Å². The Morgan fingerprint density at radius 3 is 2.48 bits per heavy atom. The van der Waals surface area contributed by atoms with Crippen LogP contribution in [0.1, 0.15) is 32.4 Å². The van der Waals surface area contributed by atoms with Gasteiger partial charge < -0.3 is 19.9 Å². The molecule has 224 valence electrons. The van der Waals surface area contributed by atoms with Crippen LogP contribution >= 0.6 is 11.6 Å². The van der Waals surface area contributed by atoms with Gasteiger partial charge in [-0.25, -0.2) is 23.2 Å². The molecule has 2 heterocycles. The first-order chi connectivity index (χ1) is 20.1. The van der Waals surface area contributed by atoms with Crippen molar-refractivity contribution >= 4 is 29.0 Å². The number of nitrogens with one attached hydrogen (secondary N) is 1. The Balaban J connectivity index is 1.69. The van der Waals surface area contributed by atoms with E-state index in [0.29, 0.717) is 35.7 Å². The standard InChI is InChI=1S/C28H32ClF2N7O4/c1-4-41-26(42-5-2)15-37(27(39)35-22-9-6-20(29)7-10-22)23-13-33-38(14-23)19(3)28(40,16-36-18-32-17-34-36)24-11-8-21(30)12-25(24)31/h6-14,17-19,26,40H,4-5,15-16H2,1-3H3,(H,35,39). The summed E-state index contributed by atoms with van der Waals surface area (Å²) in [5, 5.41) is 23.7. The van der Waals surface area contributed by atoms with Crippen molar-refractivity contribution in [3.63, 3.8) is 0 Å². The number of carbonyl (C=O) groups is 1. The molecule has 4 rings (SSSR count). The van der Waals surface area contributed by atoms with Crippen LogP contribution in [0.2, 0.25) is 5.02 Å². The molecule has 4 aromatic rings. The first kappa shape index (κ1) is 31.0. The minimum Gasteiger partial charge on any atom is -0.381 e. The summed E-state index contributed by atoms with van der Waals surface area (Å²) in [6.45, 7) is 5.75. The number of halogens is 3. The minimum absolute atomic E-state index is 0.0109. The Hall–Kier alpha value is -3.91. The quantitative estimate of drug-likeness (QED) is 0.207. The summed E-state index contributed by atoms with van der Waals surface area (Å²) in [5.74, 6) is -1.72. The number of rotatable bonds is 13. The van der Waals surface area contributed by atoms with Crippen molar-refractivity contribution in [2.45, 2.75) is 45.2 Å². The molecule has 2 N–H and O–H groups in total. The highest BCUT2D eigenvalue weighted by molar-refractivity contribution is 6.30. The van der Waals surface area contributed by atoms with Gasteiger partial charge in [-0.1, -0.05) is 17.7 Å². The van der Waals surface area contributed by atoms with Crippen LogP contribution in [0.4, 0.5) is 25.0 Å². The summed E-state index contributed by atoms with van der Waals surface area (Å²) in [5.41, 5.74) is -1.26. The third kappa shape index (κ3) is 7.29. The molecule has 0 fully saturated rings. The summed E-state index contributed by atoms with van der Waals surface area (Å²) in [4.78, 5) is 18.8. The fraction of sp³-hybridized carbons (Fsp3) is 0.357. The lowest BCUT2D eigenvalue weighted by Gasteiger charge is -2.35. The maximum absolute atomic E-state index is 15.0. The maximum Gasteiger partial charge on any atom is 0.326 e. The number of carbonyl (C=O) groups excluding carboxylic acids is 1. The predicted octanol–water partition coefficient (Wildman–Crippen LogP) is 4.99. The number of hydrogen-bond acceptors (Lipinski definition) is 7. The molecular weight excluding hydrogens is 572 g/mol. The van der Waals surface area contributed by atoms with Crippen LogP contribution in [-0.2, 0) is 21.6 Å². The molecule has 11 nitrogen and oxygen atoms in total. The van der Waals surface area contributed by atoms with E-state index in [0.717, 1.165) is 6.07 Å². The monoisotopic (exact) mass is 603 g/mol. The van der Waals surface area contributed by atoms with Crippen molar-refractivity contribution in [1.29, 1.82) is 0 Å². The van der Waals surface area contributed by atoms with E-state index in [-0.39, 0.29) is 18.7 Å². The predicted molar refractivity (Wildman–Crippen MR) is 152 cm³/mol. The number of aromatic nitrogens is 5. The van der Waals surface area contributed by atoms with E-state index >= 15 is 4.39 Å². The Morgan fingerprint density at radius 1 is 1.14 bits per heavy atom. The van der Waals surface area contributed by atoms with Crippen molar-refractivity contribution in [2.75, 3.05) is 30.0 Å². The highest BCUT2D eigenvalue weighted by Gasteiger charge is 2.41. The molecule has 14 heteroatoms. The molecule has 0 aliphatic carbocycles. The molecule has 0 bridgehead atoms. The van der Waals surface area contributed by atoms with Gasteiger partial charge in [-0.2, -0.15) is 10.2 Å². The van der Waals surface area contributed by atoms with Crippen molar-refractivity contribution in [1.82, 2.24) is 24.5 Å². The van der Waals surface area contributed by atoms with Crippen LogP contribution in [0.5, 0.6) is 0 Å². The average Bonchev–Trinajstić information content (AvgIpc) is 3.65. The summed E-state index contributed by atoms with van der Waals surface area (Å²) >= 11 is 5.98. The van der Waals surface area contributed by atoms with Gasteiger partial charge in [0.2, 0.25) is 0 Å². The second kappa shape index (κ2) is 13.8. The first-order valence-corrected chi connectivity index (χ1v) is 13.6. The number of amides is 2. The normalized spacial score (nSPS) is 13.6. The van der Waals surface area contributed by atoms with Gasteiger partial charge in [-0.05, 0) is 51.1 Å². The number of benzene rings is 2. The number of anilines is 2. The summed E-state index contributed by atoms with van der Waals surface area (Å²) < 4.78 is 42.9. The van der Waals surface area contributed by atoms with Gasteiger partial charge >= 0.3 is 6.03 Å². The second-order valence-corrected chi connectivity index (χ2v) is 9.82. The van der Waals surface area contributed by atoms with Crippen molar-refractivity contribution in [3.8, 4) is 0 Å². The van der Waals surface area contributed by atoms with Gasteiger partial charge in [0.15, 0.2) is 6.29 Å². The summed E-state index contributed by atoms with van der Waals surface area (Å²) in [6.07, 6.45) is 4.88. The fourth-order valence-corrected chi connectivity index (χ4v) is 4.57. The van der Waals surface area contributed by atoms with E-state index in [1.807, 2.05) is 13.8 Å². The maximum atomic E-state index is 15.0. The van der Waals surface area contributed by atoms with E-state index in [9.17, 15) is 14.3 Å². The van der Waals surface area contributed by atoms with Gasteiger partial charge in [0.1, 0.15) is 29.9 Å². The molecule has 0 spiro atoms. The number of nitrogens with zero attached hydrogens (tertiary/aromatic N) is 6. The zero-order valence-corrected chi connectivity index (χ0v) is 24.1. The van der Waals surface area contributed by atoms with Gasteiger partial charge in [0, 0.05) is 41.8 Å². The number of hydrogen-bond donors (Lipinski definition) is 2. The summed E-state index contributed by atoms with van der Waals surface area (Å²) in [7, 11) is 0. The molecule has 2 aromatic heterocycles. The number of aliphatic hydroxyl groups is 1. The molecule has 2 unspecified atom stereocenters. The number of urea groups is 1. The van der Waals surface area contributed by atoms with E-state index in [4.69, 9.17) is 21.1 Å². The zero-order valence-electron chi connectivity index (χ0n) is 23.3. The van der Waals surface area contributed by atoms with Crippen LogP contribution in [0.25, 0.3) is 0 Å². The Labute approximate surface area is 246 Å². The van der Waals surface area contributed by atoms with E-state index in [1.165, 1.54) is 45.4 Å². The fourth-order valence-electron chi connectivity index (χ4n) is 4.45. The highest BCUT2D eigenvalue weighted by atomic mass is 35.5. The van der Waals surface area contributed by atoms with Gasteiger partial charge in [-0.15, -0.1) is 0 Å². The highest BCUT2D eigenvalue weighted by Crippen LogP contribution is 2.37. The second-order valence-electron chi connectivity index (χ2n) is 9.38. The molecule has 2 aromatic carbocycles. The van der Waals surface area contributed by atoms with Crippen LogP contribution in [0.3, 0.4) is 0 Å². The van der Waals surface area contributed by atoms with E-state index in [1.54, 1.807) is 31.2 Å². The van der Waals surface area contributed by atoms with Gasteiger partial charge in [0.05, 0.1) is 31.0 Å². The molecule has 0 radical (unpaired) electrons. The van der Waals surface area contributed by atoms with Crippen LogP contribution in [0.15, 0.2) is 67.5 Å². The van der Waals surface area contributed by atoms with Crippen molar-refractivity contribution < 1.29 is 28.2 Å². The van der Waals surface area contributed by atoms with E-state index < -0.39 is 35.6 Å². The van der Waals surface area contributed by atoms with Crippen molar-refractivity contribution in [3.05, 3.63) is 89.7 Å². The largest absolute Gasteiger partial charge is 0.381 e. The van der Waals surface area contributed by atoms with E-state index in [2.05, 4.69) is 20.5 Å². The van der Waals surface area contributed by atoms with Crippen LogP contribution in [-0.4, -0.2) is 61.7 Å². The lowest BCUT2D eigenvalue weighted by molar-refractivity contribution is -0.128. The molecule has 0 saturated heterocycles. The third-order valence-corrected chi connectivity index (χ3v) is 6.88. The lowest BCUT2D eigenvalue weighted by atomic mass is 9.86. The Kier molecular flexibility index (Phi) is 10.2. The zero-order chi connectivity index (χ0) is 30.3. The molecule has 2 amide bonds. The first-order valence-electron chi connectivity index (χ1n) is 13.3. The molecule has 0 aliphatic rings. The molecule has 0 aliphatic heterocycles. The Morgan fingerprint density at radius 2 is 1.86 bits per heavy atom. The molecule has 2 atom stereocenters. The van der Waals surface area contributed by atoms with Crippen molar-refractivity contribution in [2.24, 2.45) is 0 Å². The molecular formula is C28H32ClF2N7O4. The van der Waals surface area contributed by atoms with Crippen LogP contribution < -0.4 is 10.2 Å². The van der Waals surface area contributed by atoms with Gasteiger partial charge in [-0.3, -0.25) is 9.58 Å². The third-order valence-electron chi connectivity index (χ3n) is 6.63. The smallest absolute Gasteiger partial charge is 0.326 e. The molecule has 42 heavy (non-hydrogen) atoms. The minimum atomic E-state index is -1.95.